The third-order valence-corrected chi connectivity index (χ3v) is 6.83. The Morgan fingerprint density at radius 2 is 2.03 bits per heavy atom. The molecule has 0 saturated carbocycles. The molecule has 0 spiro atoms. The highest BCUT2D eigenvalue weighted by Crippen LogP contribution is 2.29. The lowest BCUT2D eigenvalue weighted by Crippen LogP contribution is -2.25. The quantitative estimate of drug-likeness (QED) is 0.260. The van der Waals surface area contributed by atoms with Crippen molar-refractivity contribution in [2.24, 2.45) is 0 Å². The summed E-state index contributed by atoms with van der Waals surface area (Å²) in [5.74, 6) is -0.649. The van der Waals surface area contributed by atoms with Crippen molar-refractivity contribution in [1.29, 1.82) is 0 Å². The van der Waals surface area contributed by atoms with Gasteiger partial charge >= 0.3 is 6.61 Å². The first kappa shape index (κ1) is 23.4. The van der Waals surface area contributed by atoms with E-state index in [1.54, 1.807) is 13.0 Å². The largest absolute Gasteiger partial charge is 0.434 e. The van der Waals surface area contributed by atoms with Crippen LogP contribution in [0.5, 0.6) is 5.75 Å². The van der Waals surface area contributed by atoms with Gasteiger partial charge in [-0.2, -0.15) is 8.78 Å². The summed E-state index contributed by atoms with van der Waals surface area (Å²) in [6.07, 6.45) is 0. The molecule has 0 N–H and O–H groups in total. The normalized spacial score (nSPS) is 11.5. The fourth-order valence-electron chi connectivity index (χ4n) is 3.07. The fourth-order valence-corrected chi connectivity index (χ4v) is 5.05. The topological polar surface area (TPSA) is 70.4 Å². The molecule has 31 heavy (non-hydrogen) atoms. The van der Waals surface area contributed by atoms with Gasteiger partial charge in [0.25, 0.3) is 5.56 Å². The van der Waals surface area contributed by atoms with Gasteiger partial charge in [-0.15, -0.1) is 11.3 Å². The molecule has 3 rings (SSSR count). The van der Waals surface area contributed by atoms with E-state index in [0.29, 0.717) is 22.0 Å². The molecule has 3 aromatic rings. The van der Waals surface area contributed by atoms with E-state index in [9.17, 15) is 18.4 Å². The standard InChI is InChI=1S/C21H22F2N2O4S2/c1-11-5-6-16(29-20(22)23)14(9-11)15(26)10-30-21-24-18-17(12(2)13(3)31-18)19(27)25(21)7-8-28-4/h5-6,9,20H,7-8,10H2,1-4H3. The van der Waals surface area contributed by atoms with Crippen LogP contribution in [0.15, 0.2) is 28.2 Å². The molecule has 0 aliphatic heterocycles. The van der Waals surface area contributed by atoms with Gasteiger partial charge in [0.2, 0.25) is 0 Å². The highest BCUT2D eigenvalue weighted by atomic mass is 32.2. The van der Waals surface area contributed by atoms with E-state index in [-0.39, 0.29) is 29.2 Å². The summed E-state index contributed by atoms with van der Waals surface area (Å²) >= 11 is 2.51. The van der Waals surface area contributed by atoms with Gasteiger partial charge in [-0.05, 0) is 38.5 Å². The van der Waals surface area contributed by atoms with Gasteiger partial charge in [0.15, 0.2) is 10.9 Å². The second-order valence-corrected chi connectivity index (χ2v) is 9.04. The van der Waals surface area contributed by atoms with Gasteiger partial charge in [-0.1, -0.05) is 23.4 Å². The van der Waals surface area contributed by atoms with E-state index in [1.165, 1.54) is 35.1 Å². The van der Waals surface area contributed by atoms with Gasteiger partial charge in [-0.25, -0.2) is 4.98 Å². The van der Waals surface area contributed by atoms with Gasteiger partial charge in [0, 0.05) is 12.0 Å². The number of ketones is 1. The second-order valence-electron chi connectivity index (χ2n) is 6.90. The Kier molecular flexibility index (Phi) is 7.45. The van der Waals surface area contributed by atoms with E-state index in [1.807, 2.05) is 13.8 Å². The zero-order valence-electron chi connectivity index (χ0n) is 17.5. The van der Waals surface area contributed by atoms with E-state index in [2.05, 4.69) is 9.72 Å². The third kappa shape index (κ3) is 5.13. The Bertz CT molecular complexity index is 1170. The molecule has 166 valence electrons. The van der Waals surface area contributed by atoms with E-state index in [0.717, 1.165) is 27.8 Å². The minimum absolute atomic E-state index is 0.0717. The molecule has 0 aliphatic rings. The number of carbonyl (C=O) groups is 1. The van der Waals surface area contributed by atoms with Gasteiger partial charge in [-0.3, -0.25) is 14.2 Å². The zero-order valence-corrected chi connectivity index (χ0v) is 19.2. The van der Waals surface area contributed by atoms with E-state index >= 15 is 0 Å². The number of aromatic nitrogens is 2. The highest BCUT2D eigenvalue weighted by Gasteiger charge is 2.20. The Balaban J connectivity index is 1.94. The summed E-state index contributed by atoms with van der Waals surface area (Å²) in [5.41, 5.74) is 1.53. The van der Waals surface area contributed by atoms with Gasteiger partial charge < -0.3 is 9.47 Å². The first-order valence-electron chi connectivity index (χ1n) is 9.43. The van der Waals surface area contributed by atoms with Crippen LogP contribution in [0.4, 0.5) is 8.78 Å². The number of benzene rings is 1. The first-order valence-corrected chi connectivity index (χ1v) is 11.2. The van der Waals surface area contributed by atoms with Gasteiger partial charge in [0.05, 0.1) is 29.9 Å². The van der Waals surface area contributed by atoms with Crippen LogP contribution in [-0.2, 0) is 11.3 Å². The van der Waals surface area contributed by atoms with Crippen molar-refractivity contribution in [2.75, 3.05) is 19.5 Å². The number of rotatable bonds is 9. The first-order chi connectivity index (χ1) is 14.7. The maximum absolute atomic E-state index is 13.1. The molecule has 0 radical (unpaired) electrons. The predicted molar refractivity (Wildman–Crippen MR) is 118 cm³/mol. The highest BCUT2D eigenvalue weighted by molar-refractivity contribution is 7.99. The zero-order chi connectivity index (χ0) is 22.7. The third-order valence-electron chi connectivity index (χ3n) is 4.76. The number of fused-ring (bicyclic) bond motifs is 1. The van der Waals surface area contributed by atoms with Crippen molar-refractivity contribution >= 4 is 39.1 Å². The fraction of sp³-hybridized carbons (Fsp3) is 0.381. The summed E-state index contributed by atoms with van der Waals surface area (Å²) in [4.78, 5) is 32.1. The number of aryl methyl sites for hydroxylation is 3. The molecule has 10 heteroatoms. The molecular weight excluding hydrogens is 446 g/mol. The van der Waals surface area contributed by atoms with Crippen molar-refractivity contribution in [1.82, 2.24) is 9.55 Å². The average Bonchev–Trinajstić information content (AvgIpc) is 3.00. The van der Waals surface area contributed by atoms with Crippen LogP contribution in [-0.4, -0.2) is 41.4 Å². The number of carbonyl (C=O) groups excluding carboxylic acids is 1. The molecule has 0 bridgehead atoms. The molecule has 0 unspecified atom stereocenters. The summed E-state index contributed by atoms with van der Waals surface area (Å²) in [6, 6.07) is 4.47. The molecule has 2 heterocycles. The summed E-state index contributed by atoms with van der Waals surface area (Å²) < 4.78 is 36.5. The van der Waals surface area contributed by atoms with Crippen molar-refractivity contribution in [2.45, 2.75) is 39.1 Å². The molecule has 0 aliphatic carbocycles. The van der Waals surface area contributed by atoms with Crippen LogP contribution in [0.25, 0.3) is 10.2 Å². The Morgan fingerprint density at radius 3 is 2.71 bits per heavy atom. The monoisotopic (exact) mass is 468 g/mol. The number of methoxy groups -OCH3 is 1. The average molecular weight is 469 g/mol. The number of halogens is 2. The molecule has 6 nitrogen and oxygen atoms in total. The van der Waals surface area contributed by atoms with Crippen LogP contribution in [0.1, 0.15) is 26.4 Å². The van der Waals surface area contributed by atoms with Crippen LogP contribution in [0.2, 0.25) is 0 Å². The summed E-state index contributed by atoms with van der Waals surface area (Å²) in [6.45, 7) is 3.13. The number of alkyl halides is 2. The van der Waals surface area contributed by atoms with E-state index < -0.39 is 12.4 Å². The molecule has 1 aromatic carbocycles. The number of ether oxygens (including phenoxy) is 2. The van der Waals surface area contributed by atoms with Crippen LogP contribution < -0.4 is 10.3 Å². The number of thioether (sulfide) groups is 1. The lowest BCUT2D eigenvalue weighted by atomic mass is 10.1. The van der Waals surface area contributed by atoms with Crippen molar-refractivity contribution in [3.8, 4) is 5.75 Å². The molecular formula is C21H22F2N2O4S2. The summed E-state index contributed by atoms with van der Waals surface area (Å²) in [5, 5.41) is 0.953. The molecule has 0 atom stereocenters. The SMILES string of the molecule is COCCn1c(SCC(=O)c2cc(C)ccc2OC(F)F)nc2sc(C)c(C)c2c1=O. The Hall–Kier alpha value is -2.30. The molecule has 0 amide bonds. The lowest BCUT2D eigenvalue weighted by molar-refractivity contribution is -0.0501. The number of nitrogens with zero attached hydrogens (tertiary/aromatic N) is 2. The van der Waals surface area contributed by atoms with Crippen molar-refractivity contribution in [3.05, 3.63) is 50.1 Å². The number of hydrogen-bond donors (Lipinski definition) is 0. The minimum atomic E-state index is -3.03. The molecule has 0 saturated heterocycles. The van der Waals surface area contributed by atoms with Crippen molar-refractivity contribution in [3.63, 3.8) is 0 Å². The maximum atomic E-state index is 13.1. The van der Waals surface area contributed by atoms with Crippen LogP contribution in [0.3, 0.4) is 0 Å². The van der Waals surface area contributed by atoms with Crippen molar-refractivity contribution < 1.29 is 23.0 Å². The maximum Gasteiger partial charge on any atom is 0.387 e. The second kappa shape index (κ2) is 9.88. The minimum Gasteiger partial charge on any atom is -0.434 e. The summed E-state index contributed by atoms with van der Waals surface area (Å²) in [7, 11) is 1.54. The lowest BCUT2D eigenvalue weighted by Gasteiger charge is -2.13. The number of thiophene rings is 1. The predicted octanol–water partition coefficient (Wildman–Crippen LogP) is 4.61. The van der Waals surface area contributed by atoms with Gasteiger partial charge in [0.1, 0.15) is 10.6 Å². The molecule has 2 aromatic heterocycles. The molecule has 0 fully saturated rings. The smallest absolute Gasteiger partial charge is 0.387 e. The van der Waals surface area contributed by atoms with Crippen LogP contribution in [0, 0.1) is 20.8 Å². The van der Waals surface area contributed by atoms with E-state index in [4.69, 9.17) is 4.74 Å². The number of Topliss-reactive ketones (excluding diaryl/α,β-unsaturated/α-hetero) is 1. The Morgan fingerprint density at radius 1 is 1.29 bits per heavy atom. The Labute approximate surface area is 186 Å². The van der Waals surface area contributed by atoms with Crippen LogP contribution >= 0.6 is 23.1 Å². The number of hydrogen-bond acceptors (Lipinski definition) is 7.